The van der Waals surface area contributed by atoms with Gasteiger partial charge in [0.2, 0.25) is 5.91 Å². The number of aromatic nitrogens is 2. The molecule has 0 saturated heterocycles. The predicted molar refractivity (Wildman–Crippen MR) is 97.1 cm³/mol. The van der Waals surface area contributed by atoms with Crippen LogP contribution in [0.25, 0.3) is 11.0 Å². The second-order valence-electron chi connectivity index (χ2n) is 5.84. The van der Waals surface area contributed by atoms with Crippen LogP contribution < -0.4 is 10.9 Å². The van der Waals surface area contributed by atoms with Crippen LogP contribution in [0.15, 0.2) is 47.3 Å². The first-order valence-corrected chi connectivity index (χ1v) is 7.97. The summed E-state index contributed by atoms with van der Waals surface area (Å²) in [4.78, 5) is 41.6. The highest BCUT2D eigenvalue weighted by Gasteiger charge is 2.13. The Morgan fingerprint density at radius 1 is 1.27 bits per heavy atom. The molecule has 0 spiro atoms. The summed E-state index contributed by atoms with van der Waals surface area (Å²) >= 11 is 0. The molecule has 8 nitrogen and oxygen atoms in total. The van der Waals surface area contributed by atoms with E-state index in [1.54, 1.807) is 37.3 Å². The van der Waals surface area contributed by atoms with Gasteiger partial charge in [0.05, 0.1) is 16.0 Å². The van der Waals surface area contributed by atoms with Crippen molar-refractivity contribution in [2.24, 2.45) is 0 Å². The molecular formula is C18H16N4O4. The molecule has 0 atom stereocenters. The number of nitro benzene ring substituents is 1. The minimum Gasteiger partial charge on any atom is -0.326 e. The van der Waals surface area contributed by atoms with Gasteiger partial charge in [0, 0.05) is 30.2 Å². The number of nitrogens with zero attached hydrogens (tertiary/aromatic N) is 2. The zero-order chi connectivity index (χ0) is 18.7. The standard InChI is InChI=1S/C18H16N4O4/c1-11-6-7-12(10-16(11)22(25)26)19-17(23)9-8-15-18(24)21-14-5-3-2-4-13(14)20-15/h2-7,10H,8-9H2,1H3,(H,19,23)(H,21,24). The third-order valence-electron chi connectivity index (χ3n) is 3.95. The van der Waals surface area contributed by atoms with E-state index in [0.29, 0.717) is 22.3 Å². The van der Waals surface area contributed by atoms with E-state index < -0.39 is 4.92 Å². The van der Waals surface area contributed by atoms with Gasteiger partial charge in [-0.25, -0.2) is 4.98 Å². The molecule has 26 heavy (non-hydrogen) atoms. The number of para-hydroxylation sites is 2. The highest BCUT2D eigenvalue weighted by atomic mass is 16.6. The first kappa shape index (κ1) is 17.3. The van der Waals surface area contributed by atoms with E-state index in [9.17, 15) is 19.7 Å². The Kier molecular flexibility index (Phi) is 4.74. The molecule has 0 radical (unpaired) electrons. The number of anilines is 1. The fraction of sp³-hybridized carbons (Fsp3) is 0.167. The lowest BCUT2D eigenvalue weighted by atomic mass is 10.1. The quantitative estimate of drug-likeness (QED) is 0.541. The first-order valence-electron chi connectivity index (χ1n) is 7.97. The minimum atomic E-state index is -0.496. The van der Waals surface area contributed by atoms with E-state index in [1.807, 2.05) is 6.07 Å². The molecule has 0 aliphatic carbocycles. The number of nitro groups is 1. The molecule has 8 heteroatoms. The number of rotatable bonds is 5. The summed E-state index contributed by atoms with van der Waals surface area (Å²) in [6, 6.07) is 11.6. The van der Waals surface area contributed by atoms with Crippen molar-refractivity contribution < 1.29 is 9.72 Å². The van der Waals surface area contributed by atoms with E-state index in [1.165, 1.54) is 6.07 Å². The number of nitrogens with one attached hydrogen (secondary N) is 2. The maximum atomic E-state index is 12.1. The van der Waals surface area contributed by atoms with E-state index in [0.717, 1.165) is 0 Å². The molecule has 1 aromatic heterocycles. The summed E-state index contributed by atoms with van der Waals surface area (Å²) in [6.45, 7) is 1.63. The number of aryl methyl sites for hydroxylation is 2. The third-order valence-corrected chi connectivity index (χ3v) is 3.95. The molecule has 3 rings (SSSR count). The summed E-state index contributed by atoms with van der Waals surface area (Å²) in [5.74, 6) is -0.350. The van der Waals surface area contributed by atoms with Crippen molar-refractivity contribution in [2.45, 2.75) is 19.8 Å². The largest absolute Gasteiger partial charge is 0.326 e. The second-order valence-corrected chi connectivity index (χ2v) is 5.84. The summed E-state index contributed by atoms with van der Waals surface area (Å²) in [5, 5.41) is 13.6. The molecule has 0 bridgehead atoms. The van der Waals surface area contributed by atoms with Gasteiger partial charge in [0.25, 0.3) is 11.2 Å². The van der Waals surface area contributed by atoms with E-state index in [4.69, 9.17) is 0 Å². The average molecular weight is 352 g/mol. The van der Waals surface area contributed by atoms with Gasteiger partial charge in [-0.1, -0.05) is 18.2 Å². The van der Waals surface area contributed by atoms with E-state index in [2.05, 4.69) is 15.3 Å². The maximum absolute atomic E-state index is 12.1. The van der Waals surface area contributed by atoms with Gasteiger partial charge < -0.3 is 10.3 Å². The van der Waals surface area contributed by atoms with Gasteiger partial charge in [0.15, 0.2) is 0 Å². The van der Waals surface area contributed by atoms with Crippen molar-refractivity contribution >= 4 is 28.3 Å². The Hall–Kier alpha value is -3.55. The number of carbonyl (C=O) groups is 1. The zero-order valence-corrected chi connectivity index (χ0v) is 14.0. The molecule has 1 heterocycles. The highest BCUT2D eigenvalue weighted by Crippen LogP contribution is 2.22. The minimum absolute atomic E-state index is 0.0378. The molecule has 132 valence electrons. The first-order chi connectivity index (χ1) is 12.4. The number of H-pyrrole nitrogens is 1. The second kappa shape index (κ2) is 7.14. The Balaban J connectivity index is 1.70. The monoisotopic (exact) mass is 352 g/mol. The fourth-order valence-electron chi connectivity index (χ4n) is 2.58. The molecule has 0 saturated carbocycles. The molecule has 1 amide bonds. The van der Waals surface area contributed by atoms with Crippen molar-refractivity contribution in [1.29, 1.82) is 0 Å². The fourth-order valence-corrected chi connectivity index (χ4v) is 2.58. The van der Waals surface area contributed by atoms with E-state index in [-0.39, 0.29) is 35.7 Å². The number of hydrogen-bond acceptors (Lipinski definition) is 5. The van der Waals surface area contributed by atoms with Gasteiger partial charge in [-0.2, -0.15) is 0 Å². The predicted octanol–water partition coefficient (Wildman–Crippen LogP) is 2.71. The van der Waals surface area contributed by atoms with Crippen LogP contribution in [-0.2, 0) is 11.2 Å². The van der Waals surface area contributed by atoms with Crippen LogP contribution in [0.5, 0.6) is 0 Å². The van der Waals surface area contributed by atoms with Crippen LogP contribution in [0.1, 0.15) is 17.7 Å². The summed E-state index contributed by atoms with van der Waals surface area (Å²) in [6.07, 6.45) is 0.204. The van der Waals surface area contributed by atoms with Crippen LogP contribution in [0.4, 0.5) is 11.4 Å². The summed E-state index contributed by atoms with van der Waals surface area (Å²) < 4.78 is 0. The van der Waals surface area contributed by atoms with Crippen molar-refractivity contribution in [2.75, 3.05) is 5.32 Å². The number of amides is 1. The molecule has 2 aromatic carbocycles. The Morgan fingerprint density at radius 3 is 2.81 bits per heavy atom. The van der Waals surface area contributed by atoms with Crippen molar-refractivity contribution in [1.82, 2.24) is 9.97 Å². The summed E-state index contributed by atoms with van der Waals surface area (Å²) in [5.41, 5.74) is 2.02. The van der Waals surface area contributed by atoms with Crippen LogP contribution in [0, 0.1) is 17.0 Å². The SMILES string of the molecule is Cc1ccc(NC(=O)CCc2nc3ccccc3[nH]c2=O)cc1[N+](=O)[O-]. The van der Waals surface area contributed by atoms with Gasteiger partial charge >= 0.3 is 0 Å². The Morgan fingerprint density at radius 2 is 2.04 bits per heavy atom. The van der Waals surface area contributed by atoms with Crippen molar-refractivity contribution in [3.63, 3.8) is 0 Å². The van der Waals surface area contributed by atoms with Gasteiger partial charge in [-0.3, -0.25) is 19.7 Å². The molecule has 3 aromatic rings. The number of hydrogen-bond donors (Lipinski definition) is 2. The van der Waals surface area contributed by atoms with Crippen molar-refractivity contribution in [3.8, 4) is 0 Å². The third kappa shape index (κ3) is 3.75. The van der Waals surface area contributed by atoms with Gasteiger partial charge in [-0.15, -0.1) is 0 Å². The highest BCUT2D eigenvalue weighted by molar-refractivity contribution is 5.91. The normalized spacial score (nSPS) is 10.7. The number of aromatic amines is 1. The van der Waals surface area contributed by atoms with Crippen LogP contribution in [-0.4, -0.2) is 20.8 Å². The van der Waals surface area contributed by atoms with Gasteiger partial charge in [0.1, 0.15) is 5.69 Å². The molecule has 0 aliphatic rings. The lowest BCUT2D eigenvalue weighted by Gasteiger charge is -2.06. The van der Waals surface area contributed by atoms with Crippen molar-refractivity contribution in [3.05, 3.63) is 74.2 Å². The number of fused-ring (bicyclic) bond motifs is 1. The topological polar surface area (TPSA) is 118 Å². The molecular weight excluding hydrogens is 336 g/mol. The smallest absolute Gasteiger partial charge is 0.274 e. The zero-order valence-electron chi connectivity index (χ0n) is 14.0. The molecule has 0 unspecified atom stereocenters. The molecule has 0 aliphatic heterocycles. The van der Waals surface area contributed by atoms with E-state index >= 15 is 0 Å². The molecule has 2 N–H and O–H groups in total. The Bertz CT molecular complexity index is 1060. The average Bonchev–Trinajstić information content (AvgIpc) is 2.61. The van der Waals surface area contributed by atoms with Crippen LogP contribution in [0.2, 0.25) is 0 Å². The Labute approximate surface area is 148 Å². The maximum Gasteiger partial charge on any atom is 0.274 e. The lowest BCUT2D eigenvalue weighted by molar-refractivity contribution is -0.385. The number of carbonyl (C=O) groups excluding carboxylic acids is 1. The molecule has 0 fully saturated rings. The van der Waals surface area contributed by atoms with Crippen LogP contribution >= 0.6 is 0 Å². The lowest BCUT2D eigenvalue weighted by Crippen LogP contribution is -2.19. The summed E-state index contributed by atoms with van der Waals surface area (Å²) in [7, 11) is 0. The van der Waals surface area contributed by atoms with Crippen LogP contribution in [0.3, 0.4) is 0 Å². The van der Waals surface area contributed by atoms with Gasteiger partial charge in [-0.05, 0) is 25.1 Å². The number of benzene rings is 2.